The van der Waals surface area contributed by atoms with Crippen LogP contribution in [-0.2, 0) is 22.4 Å². The minimum atomic E-state index is 0. The number of benzene rings is 1. The summed E-state index contributed by atoms with van der Waals surface area (Å²) in [6.45, 7) is 5.79. The number of hydrogen-bond donors (Lipinski definition) is 2. The molecule has 7 nitrogen and oxygen atoms in total. The minimum absolute atomic E-state index is 0. The first-order valence-corrected chi connectivity index (χ1v) is 10.2. The Morgan fingerprint density at radius 2 is 2.17 bits per heavy atom. The van der Waals surface area contributed by atoms with Crippen LogP contribution in [0.2, 0.25) is 0 Å². The van der Waals surface area contributed by atoms with Gasteiger partial charge in [0, 0.05) is 50.9 Å². The Labute approximate surface area is 190 Å². The Kier molecular flexibility index (Phi) is 10.3. The second-order valence-electron chi connectivity index (χ2n) is 7.32. The molecule has 1 fully saturated rings. The van der Waals surface area contributed by atoms with Crippen molar-refractivity contribution in [2.45, 2.75) is 51.4 Å². The monoisotopic (exact) mass is 519 g/mol. The Balaban J connectivity index is 0.00000300. The number of methoxy groups -OCH3 is 1. The molecule has 2 atom stereocenters. The van der Waals surface area contributed by atoms with E-state index in [4.69, 9.17) is 18.9 Å². The van der Waals surface area contributed by atoms with E-state index < -0.39 is 0 Å². The van der Waals surface area contributed by atoms with Gasteiger partial charge in [-0.15, -0.1) is 24.0 Å². The van der Waals surface area contributed by atoms with E-state index in [9.17, 15) is 0 Å². The molecule has 1 aromatic rings. The first-order valence-electron chi connectivity index (χ1n) is 10.2. The van der Waals surface area contributed by atoms with Gasteiger partial charge in [-0.05, 0) is 38.3 Å². The van der Waals surface area contributed by atoms with Crippen LogP contribution in [0.3, 0.4) is 0 Å². The molecule has 8 heteroatoms. The van der Waals surface area contributed by atoms with Gasteiger partial charge in [-0.25, -0.2) is 0 Å². The van der Waals surface area contributed by atoms with Gasteiger partial charge in [0.05, 0.1) is 19.8 Å². The van der Waals surface area contributed by atoms with Crippen LogP contribution in [0, 0.1) is 0 Å². The highest BCUT2D eigenvalue weighted by Gasteiger charge is 2.21. The van der Waals surface area contributed by atoms with Crippen LogP contribution in [0.25, 0.3) is 0 Å². The summed E-state index contributed by atoms with van der Waals surface area (Å²) in [6.07, 6.45) is 4.62. The lowest BCUT2D eigenvalue weighted by Gasteiger charge is -2.15. The smallest absolute Gasteiger partial charge is 0.191 e. The van der Waals surface area contributed by atoms with E-state index in [0.29, 0.717) is 13.2 Å². The van der Waals surface area contributed by atoms with Crippen LogP contribution in [0.4, 0.5) is 0 Å². The van der Waals surface area contributed by atoms with E-state index in [-0.39, 0.29) is 36.2 Å². The van der Waals surface area contributed by atoms with Crippen LogP contribution in [0.1, 0.15) is 37.3 Å². The first-order chi connectivity index (χ1) is 13.7. The lowest BCUT2D eigenvalue weighted by atomic mass is 10.1. The number of hydrogen-bond acceptors (Lipinski definition) is 5. The SMILES string of the molecule is CN=C(NCCCOCC1CCCO1)NCc1cc2c(cc1OC)CC(C)O2.I. The summed E-state index contributed by atoms with van der Waals surface area (Å²) >= 11 is 0. The molecule has 1 aromatic carbocycles. The number of aliphatic imine (C=N–C) groups is 1. The van der Waals surface area contributed by atoms with E-state index >= 15 is 0 Å². The number of nitrogens with one attached hydrogen (secondary N) is 2. The predicted molar refractivity (Wildman–Crippen MR) is 125 cm³/mol. The molecule has 2 aliphatic heterocycles. The van der Waals surface area contributed by atoms with E-state index in [1.54, 1.807) is 14.2 Å². The Hall–Kier alpha value is -1.26. The molecule has 2 unspecified atom stereocenters. The fourth-order valence-electron chi connectivity index (χ4n) is 3.58. The molecule has 0 bridgehead atoms. The molecule has 164 valence electrons. The van der Waals surface area contributed by atoms with Gasteiger partial charge < -0.3 is 29.6 Å². The van der Waals surface area contributed by atoms with E-state index in [1.807, 2.05) is 0 Å². The van der Waals surface area contributed by atoms with Gasteiger partial charge in [-0.1, -0.05) is 0 Å². The largest absolute Gasteiger partial charge is 0.496 e. The number of halogens is 1. The molecule has 1 saturated heterocycles. The highest BCUT2D eigenvalue weighted by Crippen LogP contribution is 2.34. The Bertz CT molecular complexity index is 666. The van der Waals surface area contributed by atoms with Crippen molar-refractivity contribution in [2.24, 2.45) is 4.99 Å². The van der Waals surface area contributed by atoms with Gasteiger partial charge >= 0.3 is 0 Å². The van der Waals surface area contributed by atoms with Crippen molar-refractivity contribution in [3.05, 3.63) is 23.3 Å². The molecule has 2 N–H and O–H groups in total. The third-order valence-corrected chi connectivity index (χ3v) is 5.05. The van der Waals surface area contributed by atoms with E-state index in [1.165, 1.54) is 5.56 Å². The standard InChI is InChI=1S/C21H33N3O4.HI/c1-15-10-16-11-19(25-3)17(12-20(16)28-15)13-24-21(22-2)23-7-5-8-26-14-18-6-4-9-27-18;/h11-12,15,18H,4-10,13-14H2,1-3H3,(H2,22,23,24);1H. The van der Waals surface area contributed by atoms with Crippen molar-refractivity contribution in [2.75, 3.05) is 40.5 Å². The highest BCUT2D eigenvalue weighted by molar-refractivity contribution is 14.0. The molecular formula is C21H34IN3O4. The predicted octanol–water partition coefficient (Wildman–Crippen LogP) is 2.89. The average molecular weight is 519 g/mol. The summed E-state index contributed by atoms with van der Waals surface area (Å²) in [5, 5.41) is 6.66. The van der Waals surface area contributed by atoms with Gasteiger partial charge in [0.2, 0.25) is 0 Å². The quantitative estimate of drug-likeness (QED) is 0.226. The van der Waals surface area contributed by atoms with Crippen LogP contribution >= 0.6 is 24.0 Å². The maximum atomic E-state index is 5.87. The van der Waals surface area contributed by atoms with Crippen molar-refractivity contribution in [1.29, 1.82) is 0 Å². The molecule has 0 saturated carbocycles. The number of guanidine groups is 1. The molecule has 0 spiro atoms. The third kappa shape index (κ3) is 7.18. The van der Waals surface area contributed by atoms with Gasteiger partial charge in [-0.2, -0.15) is 0 Å². The fraction of sp³-hybridized carbons (Fsp3) is 0.667. The Morgan fingerprint density at radius 3 is 2.90 bits per heavy atom. The number of rotatable bonds is 9. The minimum Gasteiger partial charge on any atom is -0.496 e. The van der Waals surface area contributed by atoms with Gasteiger partial charge in [0.25, 0.3) is 0 Å². The topological polar surface area (TPSA) is 73.3 Å². The summed E-state index contributed by atoms with van der Waals surface area (Å²) in [7, 11) is 3.47. The molecule has 2 heterocycles. The van der Waals surface area contributed by atoms with Crippen molar-refractivity contribution < 1.29 is 18.9 Å². The molecule has 3 rings (SSSR count). The summed E-state index contributed by atoms with van der Waals surface area (Å²) in [5.41, 5.74) is 2.26. The maximum absolute atomic E-state index is 5.87. The molecule has 0 aliphatic carbocycles. The van der Waals surface area contributed by atoms with Crippen molar-refractivity contribution in [3.8, 4) is 11.5 Å². The summed E-state index contributed by atoms with van der Waals surface area (Å²) in [5.74, 6) is 2.59. The van der Waals surface area contributed by atoms with Crippen molar-refractivity contribution in [1.82, 2.24) is 10.6 Å². The maximum Gasteiger partial charge on any atom is 0.191 e. The molecule has 29 heavy (non-hydrogen) atoms. The van der Waals surface area contributed by atoms with Crippen LogP contribution in [0.15, 0.2) is 17.1 Å². The van der Waals surface area contributed by atoms with Gasteiger partial charge in [0.15, 0.2) is 5.96 Å². The number of fused-ring (bicyclic) bond motifs is 1. The van der Waals surface area contributed by atoms with Crippen molar-refractivity contribution >= 4 is 29.9 Å². The van der Waals surface area contributed by atoms with E-state index in [0.717, 1.165) is 68.5 Å². The zero-order valence-corrected chi connectivity index (χ0v) is 20.0. The van der Waals surface area contributed by atoms with Gasteiger partial charge in [-0.3, -0.25) is 4.99 Å². The summed E-state index contributed by atoms with van der Waals surface area (Å²) in [6, 6.07) is 4.15. The second-order valence-corrected chi connectivity index (χ2v) is 7.32. The second kappa shape index (κ2) is 12.4. The van der Waals surface area contributed by atoms with Crippen molar-refractivity contribution in [3.63, 3.8) is 0 Å². The molecular weight excluding hydrogens is 485 g/mol. The first kappa shape index (κ1) is 24.0. The zero-order valence-electron chi connectivity index (χ0n) is 17.7. The van der Waals surface area contributed by atoms with E-state index in [2.05, 4.69) is 34.7 Å². The normalized spacial score (nSPS) is 20.6. The molecule has 2 aliphatic rings. The number of nitrogens with zero attached hydrogens (tertiary/aromatic N) is 1. The highest BCUT2D eigenvalue weighted by atomic mass is 127. The Morgan fingerprint density at radius 1 is 1.31 bits per heavy atom. The fourth-order valence-corrected chi connectivity index (χ4v) is 3.58. The lowest BCUT2D eigenvalue weighted by molar-refractivity contribution is 0.0168. The third-order valence-electron chi connectivity index (χ3n) is 5.05. The summed E-state index contributed by atoms with van der Waals surface area (Å²) in [4.78, 5) is 4.29. The lowest BCUT2D eigenvalue weighted by Crippen LogP contribution is -2.37. The average Bonchev–Trinajstić information content (AvgIpc) is 3.34. The van der Waals surface area contributed by atoms with Gasteiger partial charge in [0.1, 0.15) is 17.6 Å². The summed E-state index contributed by atoms with van der Waals surface area (Å²) < 4.78 is 22.7. The molecule has 0 amide bonds. The van der Waals surface area contributed by atoms with Crippen LogP contribution in [-0.4, -0.2) is 58.7 Å². The number of ether oxygens (including phenoxy) is 4. The molecule has 0 aromatic heterocycles. The molecule has 0 radical (unpaired) electrons. The van der Waals surface area contributed by atoms with Crippen LogP contribution in [0.5, 0.6) is 11.5 Å². The zero-order chi connectivity index (χ0) is 19.8. The van der Waals surface area contributed by atoms with Crippen LogP contribution < -0.4 is 20.1 Å².